The van der Waals surface area contributed by atoms with Crippen molar-refractivity contribution in [3.05, 3.63) is 57.7 Å². The van der Waals surface area contributed by atoms with Gasteiger partial charge in [0.25, 0.3) is 0 Å². The van der Waals surface area contributed by atoms with Crippen LogP contribution >= 0.6 is 34.7 Å². The summed E-state index contributed by atoms with van der Waals surface area (Å²) in [5.41, 5.74) is 2.67. The van der Waals surface area contributed by atoms with E-state index < -0.39 is 0 Å². The average Bonchev–Trinajstić information content (AvgIpc) is 3.00. The lowest BCUT2D eigenvalue weighted by molar-refractivity contribution is -0.118. The fourth-order valence-electron chi connectivity index (χ4n) is 2.17. The number of nitrogens with zero attached hydrogens (tertiary/aromatic N) is 3. The van der Waals surface area contributed by atoms with Gasteiger partial charge >= 0.3 is 0 Å². The standard InChI is InChI=1S/C18H17ClN4OS2/c1-11-7-8-17(23-22-11)25-10-16(24)20-9-15-12(2)21-18(26-15)13-5-3-4-6-14(13)19/h3-8H,9-10H2,1-2H3,(H,20,24). The van der Waals surface area contributed by atoms with Gasteiger partial charge in [-0.1, -0.05) is 41.6 Å². The Morgan fingerprint density at radius 3 is 2.73 bits per heavy atom. The number of thiazole rings is 1. The van der Waals surface area contributed by atoms with Gasteiger partial charge in [0.2, 0.25) is 5.91 Å². The zero-order valence-electron chi connectivity index (χ0n) is 14.3. The van der Waals surface area contributed by atoms with Crippen LogP contribution in [0.5, 0.6) is 0 Å². The molecule has 0 saturated heterocycles. The van der Waals surface area contributed by atoms with Crippen LogP contribution in [0.1, 0.15) is 16.3 Å². The van der Waals surface area contributed by atoms with Gasteiger partial charge in [-0.15, -0.1) is 16.4 Å². The average molecular weight is 405 g/mol. The molecule has 2 heterocycles. The molecule has 0 aliphatic rings. The number of rotatable bonds is 6. The topological polar surface area (TPSA) is 67.8 Å². The van der Waals surface area contributed by atoms with Crippen LogP contribution in [-0.2, 0) is 11.3 Å². The second-order valence-electron chi connectivity index (χ2n) is 5.59. The quantitative estimate of drug-likeness (QED) is 0.621. The number of benzene rings is 1. The molecule has 26 heavy (non-hydrogen) atoms. The van der Waals surface area contributed by atoms with Crippen molar-refractivity contribution in [2.24, 2.45) is 0 Å². The van der Waals surface area contributed by atoms with E-state index >= 15 is 0 Å². The number of carbonyl (C=O) groups excluding carboxylic acids is 1. The SMILES string of the molecule is Cc1ccc(SCC(=O)NCc2sc(-c3ccccc3Cl)nc2C)nn1. The molecular formula is C18H17ClN4OS2. The maximum atomic E-state index is 12.1. The van der Waals surface area contributed by atoms with Crippen LogP contribution in [0.3, 0.4) is 0 Å². The maximum Gasteiger partial charge on any atom is 0.230 e. The van der Waals surface area contributed by atoms with Crippen molar-refractivity contribution in [3.63, 3.8) is 0 Å². The van der Waals surface area contributed by atoms with E-state index in [0.717, 1.165) is 31.9 Å². The van der Waals surface area contributed by atoms with Crippen LogP contribution in [-0.4, -0.2) is 26.8 Å². The second-order valence-corrected chi connectivity index (χ2v) is 8.07. The first-order valence-corrected chi connectivity index (χ1v) is 10.1. The summed E-state index contributed by atoms with van der Waals surface area (Å²) >= 11 is 9.15. The van der Waals surface area contributed by atoms with Gasteiger partial charge in [-0.3, -0.25) is 4.79 Å². The van der Waals surface area contributed by atoms with E-state index in [1.54, 1.807) is 11.3 Å². The third-order valence-corrected chi connectivity index (χ3v) is 6.01. The molecule has 1 aromatic carbocycles. The predicted octanol–water partition coefficient (Wildman–Crippen LogP) is 4.28. The number of thioether (sulfide) groups is 1. The van der Waals surface area contributed by atoms with Crippen molar-refractivity contribution in [2.45, 2.75) is 25.4 Å². The van der Waals surface area contributed by atoms with Gasteiger partial charge in [0.05, 0.1) is 28.7 Å². The zero-order valence-corrected chi connectivity index (χ0v) is 16.7. The van der Waals surface area contributed by atoms with E-state index in [1.807, 2.05) is 50.2 Å². The third kappa shape index (κ3) is 4.81. The van der Waals surface area contributed by atoms with Gasteiger partial charge in [-0.05, 0) is 32.0 Å². The first-order chi connectivity index (χ1) is 12.5. The molecule has 1 amide bonds. The molecule has 0 bridgehead atoms. The fraction of sp³-hybridized carbons (Fsp3) is 0.222. The summed E-state index contributed by atoms with van der Waals surface area (Å²) < 4.78 is 0. The second kappa shape index (κ2) is 8.62. The number of aryl methyl sites for hydroxylation is 2. The number of carbonyl (C=O) groups is 1. The Labute approximate surface area is 165 Å². The summed E-state index contributed by atoms with van der Waals surface area (Å²) in [6.07, 6.45) is 0. The lowest BCUT2D eigenvalue weighted by atomic mass is 10.2. The highest BCUT2D eigenvalue weighted by Crippen LogP contribution is 2.32. The minimum atomic E-state index is -0.0514. The molecule has 0 fully saturated rings. The van der Waals surface area contributed by atoms with Crippen molar-refractivity contribution in [2.75, 3.05) is 5.75 Å². The van der Waals surface area contributed by atoms with Crippen LogP contribution in [0.15, 0.2) is 41.4 Å². The molecule has 0 saturated carbocycles. The lowest BCUT2D eigenvalue weighted by Gasteiger charge is -2.04. The first kappa shape index (κ1) is 18.8. The summed E-state index contributed by atoms with van der Waals surface area (Å²) in [5.74, 6) is 0.247. The zero-order chi connectivity index (χ0) is 18.5. The van der Waals surface area contributed by atoms with Gasteiger partial charge in [0, 0.05) is 10.4 Å². The van der Waals surface area contributed by atoms with Crippen LogP contribution in [0.2, 0.25) is 5.02 Å². The summed E-state index contributed by atoms with van der Waals surface area (Å²) in [7, 11) is 0. The lowest BCUT2D eigenvalue weighted by Crippen LogP contribution is -2.24. The van der Waals surface area contributed by atoms with Gasteiger partial charge < -0.3 is 5.32 Å². The van der Waals surface area contributed by atoms with Crippen molar-refractivity contribution < 1.29 is 4.79 Å². The molecule has 0 spiro atoms. The molecule has 0 unspecified atom stereocenters. The molecule has 0 atom stereocenters. The molecule has 3 rings (SSSR count). The number of hydrogen-bond acceptors (Lipinski definition) is 6. The van der Waals surface area contributed by atoms with Gasteiger partial charge in [0.1, 0.15) is 10.0 Å². The summed E-state index contributed by atoms with van der Waals surface area (Å²) in [4.78, 5) is 17.7. The van der Waals surface area contributed by atoms with E-state index in [2.05, 4.69) is 20.5 Å². The van der Waals surface area contributed by atoms with Crippen molar-refractivity contribution in [1.82, 2.24) is 20.5 Å². The number of nitrogens with one attached hydrogen (secondary N) is 1. The van der Waals surface area contributed by atoms with E-state index in [4.69, 9.17) is 11.6 Å². The Bertz CT molecular complexity index is 912. The van der Waals surface area contributed by atoms with Gasteiger partial charge in [-0.25, -0.2) is 4.98 Å². The number of amides is 1. The molecule has 5 nitrogen and oxygen atoms in total. The summed E-state index contributed by atoms with van der Waals surface area (Å²) in [6.45, 7) is 4.27. The highest BCUT2D eigenvalue weighted by molar-refractivity contribution is 7.99. The maximum absolute atomic E-state index is 12.1. The highest BCUT2D eigenvalue weighted by atomic mass is 35.5. The minimum absolute atomic E-state index is 0.0514. The molecule has 0 aliphatic carbocycles. The number of aromatic nitrogens is 3. The normalized spacial score (nSPS) is 10.7. The predicted molar refractivity (Wildman–Crippen MR) is 107 cm³/mol. The Balaban J connectivity index is 1.57. The fourth-order valence-corrected chi connectivity index (χ4v) is 4.14. The smallest absolute Gasteiger partial charge is 0.230 e. The Hall–Kier alpha value is -1.96. The van der Waals surface area contributed by atoms with Crippen molar-refractivity contribution in [3.8, 4) is 10.6 Å². The van der Waals surface area contributed by atoms with E-state index in [9.17, 15) is 4.79 Å². The molecule has 2 aromatic heterocycles. The van der Waals surface area contributed by atoms with Gasteiger partial charge in [0.15, 0.2) is 0 Å². The number of halogens is 1. The molecule has 1 N–H and O–H groups in total. The van der Waals surface area contributed by atoms with Crippen molar-refractivity contribution in [1.29, 1.82) is 0 Å². The Morgan fingerprint density at radius 2 is 2.00 bits per heavy atom. The van der Waals surface area contributed by atoms with E-state index in [-0.39, 0.29) is 5.91 Å². The van der Waals surface area contributed by atoms with E-state index in [0.29, 0.717) is 17.3 Å². The monoisotopic (exact) mass is 404 g/mol. The summed E-state index contributed by atoms with van der Waals surface area (Å²) in [5, 5.41) is 13.2. The largest absolute Gasteiger partial charge is 0.350 e. The molecule has 0 radical (unpaired) electrons. The van der Waals surface area contributed by atoms with Crippen LogP contribution < -0.4 is 5.32 Å². The molecular weight excluding hydrogens is 388 g/mol. The number of hydrogen-bond donors (Lipinski definition) is 1. The molecule has 0 aliphatic heterocycles. The highest BCUT2D eigenvalue weighted by Gasteiger charge is 2.13. The van der Waals surface area contributed by atoms with Crippen LogP contribution in [0, 0.1) is 13.8 Å². The van der Waals surface area contributed by atoms with Gasteiger partial charge in [-0.2, -0.15) is 5.10 Å². The Kier molecular flexibility index (Phi) is 6.24. The first-order valence-electron chi connectivity index (χ1n) is 7.94. The minimum Gasteiger partial charge on any atom is -0.350 e. The van der Waals surface area contributed by atoms with E-state index in [1.165, 1.54) is 11.8 Å². The molecule has 3 aromatic rings. The van der Waals surface area contributed by atoms with Crippen molar-refractivity contribution >= 4 is 40.6 Å². The molecule has 134 valence electrons. The van der Waals surface area contributed by atoms with Crippen LogP contribution in [0.4, 0.5) is 0 Å². The third-order valence-electron chi connectivity index (χ3n) is 3.57. The Morgan fingerprint density at radius 1 is 1.19 bits per heavy atom. The summed E-state index contributed by atoms with van der Waals surface area (Å²) in [6, 6.07) is 11.4. The van der Waals surface area contributed by atoms with Crippen LogP contribution in [0.25, 0.3) is 10.6 Å². The molecule has 8 heteroatoms.